The molecule has 0 aliphatic carbocycles. The lowest BCUT2D eigenvalue weighted by molar-refractivity contribution is -0.116. The van der Waals surface area contributed by atoms with Crippen LogP contribution in [0.3, 0.4) is 0 Å². The Hall–Kier alpha value is -3.26. The van der Waals surface area contributed by atoms with E-state index in [1.165, 1.54) is 15.9 Å². The van der Waals surface area contributed by atoms with E-state index >= 15 is 0 Å². The Morgan fingerprint density at radius 3 is 2.52 bits per heavy atom. The summed E-state index contributed by atoms with van der Waals surface area (Å²) in [5.41, 5.74) is 2.61. The molecule has 0 unspecified atom stereocenters. The molecule has 0 bridgehead atoms. The van der Waals surface area contributed by atoms with Gasteiger partial charge in [-0.3, -0.25) is 18.7 Å². The van der Waals surface area contributed by atoms with Gasteiger partial charge in [0.05, 0.1) is 21.1 Å². The molecular weight excluding hydrogens is 388 g/mol. The Balaban J connectivity index is 1.72. The van der Waals surface area contributed by atoms with Gasteiger partial charge in [0, 0.05) is 6.54 Å². The van der Waals surface area contributed by atoms with Crippen LogP contribution >= 0.6 is 11.3 Å². The Kier molecular flexibility index (Phi) is 4.79. The van der Waals surface area contributed by atoms with Crippen molar-refractivity contribution in [3.63, 3.8) is 0 Å². The van der Waals surface area contributed by atoms with Gasteiger partial charge in [0.25, 0.3) is 5.56 Å². The molecule has 4 aromatic rings. The van der Waals surface area contributed by atoms with Crippen LogP contribution in [0.5, 0.6) is 0 Å². The molecule has 0 fully saturated rings. The van der Waals surface area contributed by atoms with Crippen LogP contribution < -0.4 is 16.6 Å². The van der Waals surface area contributed by atoms with Crippen molar-refractivity contribution < 1.29 is 4.79 Å². The number of carbonyl (C=O) groups excluding carboxylic acids is 1. The van der Waals surface area contributed by atoms with Gasteiger partial charge in [0.1, 0.15) is 6.54 Å². The topological polar surface area (TPSA) is 86.0 Å². The highest BCUT2D eigenvalue weighted by atomic mass is 32.1. The van der Waals surface area contributed by atoms with E-state index in [1.54, 1.807) is 31.2 Å². The van der Waals surface area contributed by atoms with E-state index < -0.39 is 5.69 Å². The van der Waals surface area contributed by atoms with Gasteiger partial charge >= 0.3 is 5.69 Å². The summed E-state index contributed by atoms with van der Waals surface area (Å²) in [6, 6.07) is 10.9. The number of para-hydroxylation sites is 1. The number of benzene rings is 2. The highest BCUT2D eigenvalue weighted by Crippen LogP contribution is 2.30. The second-order valence-corrected chi connectivity index (χ2v) is 7.88. The number of nitrogens with zero attached hydrogens (tertiary/aromatic N) is 3. The minimum Gasteiger partial charge on any atom is -0.300 e. The van der Waals surface area contributed by atoms with Gasteiger partial charge < -0.3 is 5.32 Å². The summed E-state index contributed by atoms with van der Waals surface area (Å²) in [6.07, 6.45) is 0. The number of anilines is 1. The summed E-state index contributed by atoms with van der Waals surface area (Å²) < 4.78 is 3.50. The van der Waals surface area contributed by atoms with E-state index in [2.05, 4.69) is 10.3 Å². The maximum absolute atomic E-state index is 12.8. The van der Waals surface area contributed by atoms with Crippen LogP contribution in [0.2, 0.25) is 0 Å². The van der Waals surface area contributed by atoms with Gasteiger partial charge in [-0.1, -0.05) is 35.6 Å². The number of aryl methyl sites for hydroxylation is 2. The molecule has 0 aliphatic heterocycles. The summed E-state index contributed by atoms with van der Waals surface area (Å²) in [7, 11) is 0. The number of nitrogens with one attached hydrogen (secondary N) is 1. The van der Waals surface area contributed by atoms with E-state index in [-0.39, 0.29) is 24.6 Å². The lowest BCUT2D eigenvalue weighted by Crippen LogP contribution is -2.41. The molecule has 2 heterocycles. The normalized spacial score (nSPS) is 11.3. The van der Waals surface area contributed by atoms with Crippen LogP contribution in [-0.4, -0.2) is 20.0 Å². The molecule has 0 spiro atoms. The summed E-state index contributed by atoms with van der Waals surface area (Å²) >= 11 is 1.41. The van der Waals surface area contributed by atoms with Crippen molar-refractivity contribution in [1.29, 1.82) is 0 Å². The van der Waals surface area contributed by atoms with Crippen LogP contribution in [0, 0.1) is 13.8 Å². The quantitative estimate of drug-likeness (QED) is 0.562. The molecule has 0 saturated carbocycles. The highest BCUT2D eigenvalue weighted by molar-refractivity contribution is 7.22. The third kappa shape index (κ3) is 3.25. The fraction of sp³-hybridized carbons (Fsp3) is 0.238. The number of hydrogen-bond donors (Lipinski definition) is 1. The van der Waals surface area contributed by atoms with Crippen LogP contribution in [0.25, 0.3) is 21.1 Å². The minimum absolute atomic E-state index is 0.201. The van der Waals surface area contributed by atoms with Crippen LogP contribution in [0.15, 0.2) is 46.0 Å². The van der Waals surface area contributed by atoms with Gasteiger partial charge in [-0.05, 0) is 44.0 Å². The summed E-state index contributed by atoms with van der Waals surface area (Å²) in [5, 5.41) is 3.70. The van der Waals surface area contributed by atoms with Crippen molar-refractivity contribution in [2.45, 2.75) is 33.9 Å². The number of amides is 1. The van der Waals surface area contributed by atoms with Crippen molar-refractivity contribution in [3.05, 3.63) is 68.4 Å². The van der Waals surface area contributed by atoms with Gasteiger partial charge in [-0.2, -0.15) is 0 Å². The molecule has 0 saturated heterocycles. The molecule has 8 heteroatoms. The SMILES string of the molecule is CCn1c(=O)c2ccccc2n(CC(=O)Nc2nc3c(C)ccc(C)c3s2)c1=O. The fourth-order valence-corrected chi connectivity index (χ4v) is 4.45. The van der Waals surface area contributed by atoms with Gasteiger partial charge in [0.15, 0.2) is 5.13 Å². The Morgan fingerprint density at radius 1 is 1.07 bits per heavy atom. The molecule has 2 aromatic carbocycles. The zero-order valence-corrected chi connectivity index (χ0v) is 17.2. The second-order valence-electron chi connectivity index (χ2n) is 6.88. The minimum atomic E-state index is -0.498. The number of aromatic nitrogens is 3. The predicted molar refractivity (Wildman–Crippen MR) is 116 cm³/mol. The molecule has 1 N–H and O–H groups in total. The molecule has 29 heavy (non-hydrogen) atoms. The van der Waals surface area contributed by atoms with E-state index in [9.17, 15) is 14.4 Å². The lowest BCUT2D eigenvalue weighted by atomic mass is 10.1. The molecular formula is C21H20N4O3S. The number of hydrogen-bond acceptors (Lipinski definition) is 5. The smallest absolute Gasteiger partial charge is 0.300 e. The van der Waals surface area contributed by atoms with E-state index in [0.29, 0.717) is 16.0 Å². The van der Waals surface area contributed by atoms with Crippen LogP contribution in [0.1, 0.15) is 18.1 Å². The van der Waals surface area contributed by atoms with Gasteiger partial charge in [-0.15, -0.1) is 0 Å². The highest BCUT2D eigenvalue weighted by Gasteiger charge is 2.16. The first-order valence-electron chi connectivity index (χ1n) is 9.29. The molecule has 0 radical (unpaired) electrons. The predicted octanol–water partition coefficient (Wildman–Crippen LogP) is 3.05. The van der Waals surface area contributed by atoms with Crippen molar-refractivity contribution in [1.82, 2.24) is 14.1 Å². The standard InChI is InChI=1S/C21H20N4O3S/c1-4-24-19(27)14-7-5-6-8-15(14)25(21(24)28)11-16(26)22-20-23-17-12(2)9-10-13(3)18(17)29-20/h5-10H,4,11H2,1-3H3,(H,22,23,26). The molecule has 148 valence electrons. The Labute approximate surface area is 170 Å². The molecule has 1 amide bonds. The first-order valence-corrected chi connectivity index (χ1v) is 10.1. The van der Waals surface area contributed by atoms with Crippen molar-refractivity contribution >= 4 is 43.5 Å². The monoisotopic (exact) mass is 408 g/mol. The van der Waals surface area contributed by atoms with Crippen molar-refractivity contribution in [3.8, 4) is 0 Å². The summed E-state index contributed by atoms with van der Waals surface area (Å²) in [4.78, 5) is 42.5. The van der Waals surface area contributed by atoms with Gasteiger partial charge in [-0.25, -0.2) is 9.78 Å². The number of carbonyl (C=O) groups is 1. The zero-order valence-electron chi connectivity index (χ0n) is 16.4. The number of rotatable bonds is 4. The molecule has 4 rings (SSSR count). The largest absolute Gasteiger partial charge is 0.331 e. The molecule has 0 aliphatic rings. The number of fused-ring (bicyclic) bond motifs is 2. The number of thiazole rings is 1. The zero-order chi connectivity index (χ0) is 20.7. The summed E-state index contributed by atoms with van der Waals surface area (Å²) in [6.45, 7) is 5.75. The molecule has 2 aromatic heterocycles. The first-order chi connectivity index (χ1) is 13.9. The fourth-order valence-electron chi connectivity index (χ4n) is 3.42. The van der Waals surface area contributed by atoms with Crippen LogP contribution in [-0.2, 0) is 17.9 Å². The molecule has 7 nitrogen and oxygen atoms in total. The van der Waals surface area contributed by atoms with E-state index in [1.807, 2.05) is 26.0 Å². The van der Waals surface area contributed by atoms with E-state index in [4.69, 9.17) is 0 Å². The average molecular weight is 408 g/mol. The lowest BCUT2D eigenvalue weighted by Gasteiger charge is -2.12. The van der Waals surface area contributed by atoms with Crippen LogP contribution in [0.4, 0.5) is 5.13 Å². The second kappa shape index (κ2) is 7.29. The third-order valence-electron chi connectivity index (χ3n) is 4.94. The summed E-state index contributed by atoms with van der Waals surface area (Å²) in [5.74, 6) is -0.368. The van der Waals surface area contributed by atoms with Crippen molar-refractivity contribution in [2.75, 3.05) is 5.32 Å². The average Bonchev–Trinajstić information content (AvgIpc) is 3.13. The van der Waals surface area contributed by atoms with Crippen molar-refractivity contribution in [2.24, 2.45) is 0 Å². The molecule has 0 atom stereocenters. The Bertz CT molecular complexity index is 1340. The third-order valence-corrected chi connectivity index (χ3v) is 6.04. The maximum Gasteiger partial charge on any atom is 0.331 e. The van der Waals surface area contributed by atoms with E-state index in [0.717, 1.165) is 25.9 Å². The maximum atomic E-state index is 12.8. The van der Waals surface area contributed by atoms with Gasteiger partial charge in [0.2, 0.25) is 5.91 Å². The first kappa shape index (κ1) is 19.1. The Morgan fingerprint density at radius 2 is 1.79 bits per heavy atom.